The highest BCUT2D eigenvalue weighted by molar-refractivity contribution is 5.89. The van der Waals surface area contributed by atoms with Gasteiger partial charge in [0.15, 0.2) is 0 Å². The summed E-state index contributed by atoms with van der Waals surface area (Å²) in [4.78, 5) is 34.4. The molecule has 0 heterocycles. The molecule has 2 amide bonds. The van der Waals surface area contributed by atoms with Crippen molar-refractivity contribution in [1.82, 2.24) is 10.6 Å². The fourth-order valence-corrected chi connectivity index (χ4v) is 1.91. The van der Waals surface area contributed by atoms with Gasteiger partial charge >= 0.3 is 5.97 Å². The molecule has 0 unspecified atom stereocenters. The molecular formula is C14H28N4O4. The SMILES string of the molecule is CC(C)C[C@H](N)C(=O)NCC(=O)N[C@@H](CCCCN)C(=O)O. The Hall–Kier alpha value is -1.67. The number of carboxylic acids is 1. The van der Waals surface area contributed by atoms with Crippen molar-refractivity contribution in [3.05, 3.63) is 0 Å². The van der Waals surface area contributed by atoms with Gasteiger partial charge < -0.3 is 27.2 Å². The standard InChI is InChI=1S/C14H28N4O4/c1-9(2)7-10(16)13(20)17-8-12(19)18-11(14(21)22)5-3-4-6-15/h9-11H,3-8,15-16H2,1-2H3,(H,17,20)(H,18,19)(H,21,22)/t10-,11-/m0/s1. The molecule has 8 nitrogen and oxygen atoms in total. The monoisotopic (exact) mass is 316 g/mol. The van der Waals surface area contributed by atoms with Crippen molar-refractivity contribution in [1.29, 1.82) is 0 Å². The van der Waals surface area contributed by atoms with Gasteiger partial charge in [-0.25, -0.2) is 4.79 Å². The number of carbonyl (C=O) groups excluding carboxylic acids is 2. The molecule has 0 radical (unpaired) electrons. The predicted octanol–water partition coefficient (Wildman–Crippen LogP) is -0.826. The summed E-state index contributed by atoms with van der Waals surface area (Å²) in [6.07, 6.45) is 2.13. The van der Waals surface area contributed by atoms with E-state index < -0.39 is 29.9 Å². The van der Waals surface area contributed by atoms with E-state index in [4.69, 9.17) is 16.6 Å². The van der Waals surface area contributed by atoms with E-state index in [0.717, 1.165) is 0 Å². The molecule has 0 aromatic carbocycles. The van der Waals surface area contributed by atoms with Crippen molar-refractivity contribution in [2.24, 2.45) is 17.4 Å². The minimum atomic E-state index is -1.10. The third kappa shape index (κ3) is 9.30. The van der Waals surface area contributed by atoms with Crippen LogP contribution in [0, 0.1) is 5.92 Å². The van der Waals surface area contributed by atoms with E-state index in [-0.39, 0.29) is 12.5 Å². The largest absolute Gasteiger partial charge is 0.480 e. The second-order valence-electron chi connectivity index (χ2n) is 5.70. The predicted molar refractivity (Wildman–Crippen MR) is 82.9 cm³/mol. The van der Waals surface area contributed by atoms with Gasteiger partial charge in [-0.05, 0) is 38.1 Å². The highest BCUT2D eigenvalue weighted by Gasteiger charge is 2.20. The molecule has 0 rings (SSSR count). The average molecular weight is 316 g/mol. The number of nitrogens with two attached hydrogens (primary N) is 2. The molecular weight excluding hydrogens is 288 g/mol. The molecule has 0 aromatic heterocycles. The first-order valence-corrected chi connectivity index (χ1v) is 7.53. The number of aliphatic carboxylic acids is 1. The number of carboxylic acid groups (broad SMARTS) is 1. The van der Waals surface area contributed by atoms with Crippen LogP contribution in [0.4, 0.5) is 0 Å². The molecule has 0 aliphatic carbocycles. The Balaban J connectivity index is 4.18. The zero-order valence-corrected chi connectivity index (χ0v) is 13.3. The van der Waals surface area contributed by atoms with Gasteiger partial charge in [-0.1, -0.05) is 13.8 Å². The highest BCUT2D eigenvalue weighted by atomic mass is 16.4. The Morgan fingerprint density at radius 1 is 1.18 bits per heavy atom. The average Bonchev–Trinajstić information content (AvgIpc) is 2.42. The lowest BCUT2D eigenvalue weighted by Gasteiger charge is -2.16. The van der Waals surface area contributed by atoms with E-state index in [1.807, 2.05) is 13.8 Å². The van der Waals surface area contributed by atoms with Gasteiger partial charge in [0, 0.05) is 0 Å². The Bertz CT molecular complexity index is 374. The summed E-state index contributed by atoms with van der Waals surface area (Å²) < 4.78 is 0. The third-order valence-electron chi connectivity index (χ3n) is 3.07. The summed E-state index contributed by atoms with van der Waals surface area (Å²) in [5.74, 6) is -1.80. The Morgan fingerprint density at radius 2 is 1.82 bits per heavy atom. The fraction of sp³-hybridized carbons (Fsp3) is 0.786. The van der Waals surface area contributed by atoms with Crippen molar-refractivity contribution in [2.45, 2.75) is 51.6 Å². The van der Waals surface area contributed by atoms with Gasteiger partial charge in [-0.2, -0.15) is 0 Å². The van der Waals surface area contributed by atoms with Crippen LogP contribution in [0.1, 0.15) is 39.5 Å². The number of hydrogen-bond donors (Lipinski definition) is 5. The van der Waals surface area contributed by atoms with Crippen LogP contribution in [0.2, 0.25) is 0 Å². The fourth-order valence-electron chi connectivity index (χ4n) is 1.91. The Morgan fingerprint density at radius 3 is 2.32 bits per heavy atom. The van der Waals surface area contributed by atoms with E-state index in [1.165, 1.54) is 0 Å². The van der Waals surface area contributed by atoms with E-state index in [1.54, 1.807) is 0 Å². The maximum Gasteiger partial charge on any atom is 0.326 e. The molecule has 0 spiro atoms. The van der Waals surface area contributed by atoms with Crippen LogP contribution < -0.4 is 22.1 Å². The number of carbonyl (C=O) groups is 3. The lowest BCUT2D eigenvalue weighted by atomic mass is 10.0. The number of hydrogen-bond acceptors (Lipinski definition) is 5. The third-order valence-corrected chi connectivity index (χ3v) is 3.07. The first-order valence-electron chi connectivity index (χ1n) is 7.53. The number of amides is 2. The van der Waals surface area contributed by atoms with Crippen molar-refractivity contribution in [3.63, 3.8) is 0 Å². The summed E-state index contributed by atoms with van der Waals surface area (Å²) in [5, 5.41) is 13.8. The van der Waals surface area contributed by atoms with E-state index >= 15 is 0 Å². The van der Waals surface area contributed by atoms with Gasteiger partial charge in [-0.3, -0.25) is 9.59 Å². The molecule has 0 saturated heterocycles. The van der Waals surface area contributed by atoms with E-state index in [9.17, 15) is 14.4 Å². The maximum atomic E-state index is 11.7. The van der Waals surface area contributed by atoms with Crippen LogP contribution in [-0.4, -0.2) is 48.1 Å². The van der Waals surface area contributed by atoms with Crippen LogP contribution in [0.15, 0.2) is 0 Å². The maximum absolute atomic E-state index is 11.7. The molecule has 8 heteroatoms. The number of rotatable bonds is 11. The minimum absolute atomic E-state index is 0.272. The quantitative estimate of drug-likeness (QED) is 0.314. The van der Waals surface area contributed by atoms with E-state index in [2.05, 4.69) is 10.6 Å². The summed E-state index contributed by atoms with van der Waals surface area (Å²) in [6.45, 7) is 4.08. The zero-order valence-electron chi connectivity index (χ0n) is 13.3. The van der Waals surface area contributed by atoms with Crippen molar-refractivity contribution >= 4 is 17.8 Å². The topological polar surface area (TPSA) is 148 Å². The smallest absolute Gasteiger partial charge is 0.326 e. The number of unbranched alkanes of at least 4 members (excludes halogenated alkanes) is 1. The van der Waals surface area contributed by atoms with Crippen LogP contribution in [0.3, 0.4) is 0 Å². The second-order valence-corrected chi connectivity index (χ2v) is 5.70. The first-order chi connectivity index (χ1) is 10.3. The van der Waals surface area contributed by atoms with Crippen molar-refractivity contribution in [3.8, 4) is 0 Å². The molecule has 0 aliphatic rings. The van der Waals surface area contributed by atoms with Crippen LogP contribution >= 0.6 is 0 Å². The number of nitrogens with one attached hydrogen (secondary N) is 2. The Labute approximate surface area is 131 Å². The van der Waals surface area contributed by atoms with Crippen LogP contribution in [0.5, 0.6) is 0 Å². The van der Waals surface area contributed by atoms with Gasteiger partial charge in [0.05, 0.1) is 12.6 Å². The molecule has 0 bridgehead atoms. The summed E-state index contributed by atoms with van der Waals surface area (Å²) in [6, 6.07) is -1.65. The molecule has 0 saturated carbocycles. The molecule has 22 heavy (non-hydrogen) atoms. The lowest BCUT2D eigenvalue weighted by Crippen LogP contribution is -2.48. The van der Waals surface area contributed by atoms with Gasteiger partial charge in [-0.15, -0.1) is 0 Å². The summed E-state index contributed by atoms with van der Waals surface area (Å²) in [7, 11) is 0. The van der Waals surface area contributed by atoms with Gasteiger partial charge in [0.1, 0.15) is 6.04 Å². The second kappa shape index (κ2) is 11.0. The van der Waals surface area contributed by atoms with Crippen molar-refractivity contribution in [2.75, 3.05) is 13.1 Å². The molecule has 7 N–H and O–H groups in total. The van der Waals surface area contributed by atoms with E-state index in [0.29, 0.717) is 32.2 Å². The zero-order chi connectivity index (χ0) is 17.1. The normalized spacial score (nSPS) is 13.5. The van der Waals surface area contributed by atoms with Gasteiger partial charge in [0.25, 0.3) is 0 Å². The summed E-state index contributed by atoms with van der Waals surface area (Å²) >= 11 is 0. The van der Waals surface area contributed by atoms with Gasteiger partial charge in [0.2, 0.25) is 11.8 Å². The van der Waals surface area contributed by atoms with Crippen LogP contribution in [0.25, 0.3) is 0 Å². The molecule has 0 fully saturated rings. The van der Waals surface area contributed by atoms with Crippen molar-refractivity contribution < 1.29 is 19.5 Å². The molecule has 0 aliphatic heterocycles. The molecule has 0 aromatic rings. The molecule has 2 atom stereocenters. The highest BCUT2D eigenvalue weighted by Crippen LogP contribution is 2.02. The first kappa shape index (κ1) is 20.3. The minimum Gasteiger partial charge on any atom is -0.480 e. The molecule has 128 valence electrons. The summed E-state index contributed by atoms with van der Waals surface area (Å²) in [5.41, 5.74) is 11.0. The lowest BCUT2D eigenvalue weighted by molar-refractivity contribution is -0.142. The Kier molecular flexibility index (Phi) is 10.1. The van der Waals surface area contributed by atoms with Crippen LogP contribution in [-0.2, 0) is 14.4 Å².